The van der Waals surface area contributed by atoms with Crippen LogP contribution in [0.25, 0.3) is 0 Å². The number of nitrogens with one attached hydrogen (secondary N) is 2. The highest BCUT2D eigenvalue weighted by molar-refractivity contribution is 5.77. The van der Waals surface area contributed by atoms with Crippen LogP contribution in [0, 0.1) is 11.1 Å². The lowest BCUT2D eigenvalue weighted by atomic mass is 9.93. The molecule has 4 heteroatoms. The van der Waals surface area contributed by atoms with Crippen molar-refractivity contribution < 1.29 is 9.97 Å². The highest BCUT2D eigenvalue weighted by Crippen LogP contribution is 2.20. The zero-order valence-corrected chi connectivity index (χ0v) is 22.9. The van der Waals surface area contributed by atoms with Crippen molar-refractivity contribution in [2.75, 3.05) is 6.54 Å². The molecule has 1 amide bonds. The quantitative estimate of drug-likeness (QED) is 0.0996. The first-order valence-corrected chi connectivity index (χ1v) is 15.0. The highest BCUT2D eigenvalue weighted by atomic mass is 16.5. The molecule has 2 N–H and O–H groups in total. The number of rotatable bonds is 26. The summed E-state index contributed by atoms with van der Waals surface area (Å²) in [5.74, 6) is 0.00851. The molecule has 1 unspecified atom stereocenters. The van der Waals surface area contributed by atoms with Gasteiger partial charge >= 0.3 is 0 Å². The van der Waals surface area contributed by atoms with Gasteiger partial charge in [-0.15, -0.1) is 0 Å². The summed E-state index contributed by atoms with van der Waals surface area (Å²) in [6.07, 6.45) is 29.0. The number of amides is 1. The summed E-state index contributed by atoms with van der Waals surface area (Å²) in [5, 5.41) is 11.8. The number of unbranched alkanes of at least 4 members (excludes halogenated alkanes) is 18. The van der Waals surface area contributed by atoms with Crippen LogP contribution in [0.4, 0.5) is 0 Å². The largest absolute Gasteiger partial charge is 0.608 e. The average molecular weight is 469 g/mol. The van der Waals surface area contributed by atoms with Gasteiger partial charge in [-0.2, -0.15) is 0 Å². The molecule has 4 nitrogen and oxygen atoms in total. The predicted octanol–water partition coefficient (Wildman–Crippen LogP) is 8.05. The Morgan fingerprint density at radius 3 is 1.24 bits per heavy atom. The maximum Gasteiger partial charge on any atom is 0.268 e. The molecular weight excluding hydrogens is 408 g/mol. The van der Waals surface area contributed by atoms with Gasteiger partial charge in [-0.1, -0.05) is 149 Å². The van der Waals surface area contributed by atoms with Gasteiger partial charge < -0.3 is 5.21 Å². The van der Waals surface area contributed by atoms with E-state index in [-0.39, 0.29) is 17.0 Å². The van der Waals surface area contributed by atoms with Crippen molar-refractivity contribution in [2.45, 2.75) is 168 Å². The monoisotopic (exact) mass is 468 g/mol. The highest BCUT2D eigenvalue weighted by Gasteiger charge is 2.19. The summed E-state index contributed by atoms with van der Waals surface area (Å²) >= 11 is 0. The van der Waals surface area contributed by atoms with E-state index in [9.17, 15) is 10.0 Å². The lowest BCUT2D eigenvalue weighted by molar-refractivity contribution is -0.886. The molecule has 0 saturated carbocycles. The predicted molar refractivity (Wildman–Crippen MR) is 144 cm³/mol. The maximum atomic E-state index is 12.7. The van der Waals surface area contributed by atoms with Crippen LogP contribution in [0.1, 0.15) is 168 Å². The summed E-state index contributed by atoms with van der Waals surface area (Å²) in [6.45, 7) is 6.97. The van der Waals surface area contributed by atoms with E-state index in [2.05, 4.69) is 19.3 Å². The molecule has 33 heavy (non-hydrogen) atoms. The molecule has 0 bridgehead atoms. The summed E-state index contributed by atoms with van der Waals surface area (Å²) < 4.78 is 0. The van der Waals surface area contributed by atoms with E-state index in [1.165, 1.54) is 116 Å². The topological polar surface area (TPSA) is 56.6 Å². The number of hydroxylamine groups is 1. The van der Waals surface area contributed by atoms with E-state index in [1.54, 1.807) is 0 Å². The van der Waals surface area contributed by atoms with Crippen molar-refractivity contribution >= 4 is 5.91 Å². The molecule has 0 saturated heterocycles. The van der Waals surface area contributed by atoms with Crippen molar-refractivity contribution in [3.63, 3.8) is 0 Å². The standard InChI is InChI=1S/C29H60N2O2/c1-4-7-9-11-13-15-17-19-21-23-25-28(29(32)30-31(33)27-6-3)26-24-22-20-18-16-14-12-10-8-5-2/h28,31H,4-27H2,1-3H3,(H,30,32). The molecule has 0 fully saturated rings. The molecule has 198 valence electrons. The first-order chi connectivity index (χ1) is 16.2. The maximum absolute atomic E-state index is 12.7. The van der Waals surface area contributed by atoms with E-state index >= 15 is 0 Å². The second-order valence-electron chi connectivity index (χ2n) is 10.3. The Morgan fingerprint density at radius 1 is 0.576 bits per heavy atom. The van der Waals surface area contributed by atoms with Crippen LogP contribution in [0.2, 0.25) is 0 Å². The fraction of sp³-hybridized carbons (Fsp3) is 0.966. The van der Waals surface area contributed by atoms with Gasteiger partial charge in [0.05, 0.1) is 6.54 Å². The van der Waals surface area contributed by atoms with E-state index < -0.39 is 0 Å². The molecule has 0 rings (SSSR count). The second kappa shape index (κ2) is 26.0. The molecule has 0 spiro atoms. The van der Waals surface area contributed by atoms with Gasteiger partial charge in [-0.05, 0) is 19.3 Å². The molecule has 0 aliphatic rings. The fourth-order valence-electron chi connectivity index (χ4n) is 4.69. The third kappa shape index (κ3) is 22.9. The number of quaternary nitrogens is 1. The summed E-state index contributed by atoms with van der Waals surface area (Å²) in [4.78, 5) is 12.7. The first kappa shape index (κ1) is 32.4. The SMILES string of the molecule is CCCCCCCCCCCCC(CCCCCCCCCCCC)C(=O)N[NH+]([O-])CCC. The van der Waals surface area contributed by atoms with E-state index in [4.69, 9.17) is 0 Å². The smallest absolute Gasteiger partial charge is 0.268 e. The van der Waals surface area contributed by atoms with Crippen LogP contribution < -0.4 is 10.6 Å². The molecule has 0 heterocycles. The first-order valence-electron chi connectivity index (χ1n) is 15.0. The Bertz CT molecular complexity index is 379. The summed E-state index contributed by atoms with van der Waals surface area (Å²) in [6, 6.07) is 0. The normalized spacial score (nSPS) is 12.4. The van der Waals surface area contributed by atoms with Crippen molar-refractivity contribution in [3.05, 3.63) is 5.21 Å². The summed E-state index contributed by atoms with van der Waals surface area (Å²) in [5.41, 5.74) is 2.67. The van der Waals surface area contributed by atoms with Crippen molar-refractivity contribution in [3.8, 4) is 0 Å². The van der Waals surface area contributed by atoms with Crippen molar-refractivity contribution in [1.82, 2.24) is 5.43 Å². The Kier molecular flexibility index (Phi) is 25.5. The molecule has 1 atom stereocenters. The lowest BCUT2D eigenvalue weighted by Crippen LogP contribution is -3.15. The van der Waals surface area contributed by atoms with E-state index in [1.807, 2.05) is 6.92 Å². The lowest BCUT2D eigenvalue weighted by Gasteiger charge is -2.24. The van der Waals surface area contributed by atoms with Crippen LogP contribution in [-0.2, 0) is 4.79 Å². The minimum absolute atomic E-state index is 0.0136. The molecule has 0 aromatic heterocycles. The van der Waals surface area contributed by atoms with Crippen molar-refractivity contribution in [2.24, 2.45) is 5.92 Å². The zero-order valence-electron chi connectivity index (χ0n) is 22.9. The van der Waals surface area contributed by atoms with Gasteiger partial charge in [0, 0.05) is 5.92 Å². The molecular formula is C29H60N2O2. The Morgan fingerprint density at radius 2 is 0.909 bits per heavy atom. The van der Waals surface area contributed by atoms with Crippen molar-refractivity contribution in [1.29, 1.82) is 0 Å². The van der Waals surface area contributed by atoms with Crippen LogP contribution in [0.5, 0.6) is 0 Å². The fourth-order valence-corrected chi connectivity index (χ4v) is 4.69. The van der Waals surface area contributed by atoms with Gasteiger partial charge in [-0.25, -0.2) is 5.43 Å². The van der Waals surface area contributed by atoms with Crippen LogP contribution >= 0.6 is 0 Å². The Hall–Kier alpha value is -0.610. The second-order valence-corrected chi connectivity index (χ2v) is 10.3. The van der Waals surface area contributed by atoms with Gasteiger partial charge in [0.25, 0.3) is 5.91 Å². The zero-order chi connectivity index (χ0) is 24.4. The molecule has 0 aliphatic carbocycles. The van der Waals surface area contributed by atoms with Crippen LogP contribution in [-0.4, -0.2) is 12.5 Å². The van der Waals surface area contributed by atoms with Gasteiger partial charge in [0.1, 0.15) is 0 Å². The molecule has 0 radical (unpaired) electrons. The van der Waals surface area contributed by atoms with Gasteiger partial charge in [0.2, 0.25) is 0 Å². The number of hydrogen-bond acceptors (Lipinski definition) is 2. The Labute approximate surface area is 207 Å². The van der Waals surface area contributed by atoms with Crippen LogP contribution in [0.15, 0.2) is 0 Å². The van der Waals surface area contributed by atoms with E-state index in [0.717, 1.165) is 32.1 Å². The average Bonchev–Trinajstić information content (AvgIpc) is 2.80. The summed E-state index contributed by atoms with van der Waals surface area (Å²) in [7, 11) is 0. The van der Waals surface area contributed by atoms with Gasteiger partial charge in [-0.3, -0.25) is 9.97 Å². The minimum Gasteiger partial charge on any atom is -0.608 e. The molecule has 0 aromatic carbocycles. The van der Waals surface area contributed by atoms with Gasteiger partial charge in [0.15, 0.2) is 0 Å². The third-order valence-corrected chi connectivity index (χ3v) is 6.92. The minimum atomic E-state index is -0.0985. The molecule has 0 aliphatic heterocycles. The number of hydrogen-bond donors (Lipinski definition) is 2. The van der Waals surface area contributed by atoms with E-state index in [0.29, 0.717) is 6.54 Å². The van der Waals surface area contributed by atoms with Crippen LogP contribution in [0.3, 0.4) is 0 Å². The molecule has 0 aromatic rings. The Balaban J connectivity index is 4.01. The number of carbonyl (C=O) groups excluding carboxylic acids is 1. The number of carbonyl (C=O) groups is 1. The third-order valence-electron chi connectivity index (χ3n) is 6.92.